The first-order valence-corrected chi connectivity index (χ1v) is 12.0. The quantitative estimate of drug-likeness (QED) is 0.285. The van der Waals surface area contributed by atoms with E-state index in [0.717, 1.165) is 17.8 Å². The van der Waals surface area contributed by atoms with Gasteiger partial charge in [-0.05, 0) is 53.2 Å². The predicted molar refractivity (Wildman–Crippen MR) is 147 cm³/mol. The highest BCUT2D eigenvalue weighted by molar-refractivity contribution is 6.19. The summed E-state index contributed by atoms with van der Waals surface area (Å²) in [7, 11) is 0. The number of nitrogens with one attached hydrogen (secondary N) is 1. The van der Waals surface area contributed by atoms with Crippen molar-refractivity contribution < 1.29 is 0 Å². The molecule has 0 atom stereocenters. The summed E-state index contributed by atoms with van der Waals surface area (Å²) >= 11 is 0. The minimum absolute atomic E-state index is 0.717. The zero-order valence-corrected chi connectivity index (χ0v) is 19.0. The fourth-order valence-corrected chi connectivity index (χ4v) is 5.65. The highest BCUT2D eigenvalue weighted by Gasteiger charge is 2.16. The van der Waals surface area contributed by atoms with Crippen LogP contribution in [-0.4, -0.2) is 14.5 Å². The Kier molecular flexibility index (Phi) is 3.72. The van der Waals surface area contributed by atoms with E-state index in [-0.39, 0.29) is 0 Å². The summed E-state index contributed by atoms with van der Waals surface area (Å²) in [5, 5.41) is 8.79. The number of para-hydroxylation sites is 2. The third-order valence-corrected chi connectivity index (χ3v) is 7.33. The Labute approximate surface area is 201 Å². The van der Waals surface area contributed by atoms with E-state index in [1.165, 1.54) is 59.8 Å². The smallest absolute Gasteiger partial charge is 0.0706 e. The number of rotatable bonds is 2. The summed E-state index contributed by atoms with van der Waals surface area (Å²) in [6.45, 7) is 0.717. The van der Waals surface area contributed by atoms with Crippen molar-refractivity contribution in [3.8, 4) is 0 Å². The molecule has 0 saturated heterocycles. The molecule has 0 saturated carbocycles. The lowest BCUT2D eigenvalue weighted by Gasteiger charge is -2.09. The minimum Gasteiger partial charge on any atom is -0.354 e. The molecule has 0 spiro atoms. The third-order valence-electron chi connectivity index (χ3n) is 7.33. The monoisotopic (exact) mass is 447 g/mol. The zero-order chi connectivity index (χ0) is 22.9. The van der Waals surface area contributed by atoms with Gasteiger partial charge in [-0.2, -0.15) is 0 Å². The molecule has 35 heavy (non-hydrogen) atoms. The number of nitrogens with zero attached hydrogens (tertiary/aromatic N) is 2. The number of fused-ring (bicyclic) bond motifs is 8. The third kappa shape index (κ3) is 2.75. The van der Waals surface area contributed by atoms with Gasteiger partial charge in [0.25, 0.3) is 0 Å². The van der Waals surface area contributed by atoms with E-state index >= 15 is 0 Å². The average Bonchev–Trinajstić information content (AvgIpc) is 3.41. The fraction of sp³-hybridized carbons (Fsp3) is 0.0312. The predicted octanol–water partition coefficient (Wildman–Crippen LogP) is 8.18. The number of pyridine rings is 1. The Morgan fingerprint density at radius 2 is 1.26 bits per heavy atom. The van der Waals surface area contributed by atoms with Crippen LogP contribution >= 0.6 is 0 Å². The molecule has 0 fully saturated rings. The highest BCUT2D eigenvalue weighted by Crippen LogP contribution is 2.37. The van der Waals surface area contributed by atoms with E-state index in [0.29, 0.717) is 0 Å². The average molecular weight is 448 g/mol. The first-order chi connectivity index (χ1) is 17.3. The summed E-state index contributed by atoms with van der Waals surface area (Å²) < 4.78 is 2.43. The van der Waals surface area contributed by atoms with E-state index in [4.69, 9.17) is 4.98 Å². The van der Waals surface area contributed by atoms with Gasteiger partial charge >= 0.3 is 0 Å². The van der Waals surface area contributed by atoms with Gasteiger partial charge in [0.2, 0.25) is 0 Å². The lowest BCUT2D eigenvalue weighted by molar-refractivity contribution is 0.841. The standard InChI is InChI=1S/C32H21N3/c1-2-9-22-16-31-26(15-21(22)8-1)27-17-25-24-10-4-6-12-29(24)34-30(25)18-32(27)35(31)19-23-14-13-20-7-3-5-11-28(20)33-23/h1-18,34H,19H2. The van der Waals surface area contributed by atoms with E-state index in [1.807, 2.05) is 0 Å². The van der Waals surface area contributed by atoms with Crippen LogP contribution in [0.5, 0.6) is 0 Å². The van der Waals surface area contributed by atoms with Gasteiger partial charge in [-0.15, -0.1) is 0 Å². The van der Waals surface area contributed by atoms with E-state index in [9.17, 15) is 0 Å². The van der Waals surface area contributed by atoms with Crippen molar-refractivity contribution in [2.75, 3.05) is 0 Å². The summed E-state index contributed by atoms with van der Waals surface area (Å²) in [6.07, 6.45) is 0. The fourth-order valence-electron chi connectivity index (χ4n) is 5.65. The van der Waals surface area contributed by atoms with Gasteiger partial charge < -0.3 is 9.55 Å². The molecule has 0 amide bonds. The van der Waals surface area contributed by atoms with Crippen LogP contribution in [-0.2, 0) is 6.54 Å². The molecule has 8 rings (SSSR count). The summed E-state index contributed by atoms with van der Waals surface area (Å²) in [5.41, 5.74) is 6.91. The second kappa shape index (κ2) is 6.94. The number of hydrogen-bond acceptors (Lipinski definition) is 1. The molecule has 3 nitrogen and oxygen atoms in total. The maximum atomic E-state index is 4.99. The molecular formula is C32H21N3. The Balaban J connectivity index is 1.46. The first-order valence-electron chi connectivity index (χ1n) is 12.0. The minimum atomic E-state index is 0.717. The first kappa shape index (κ1) is 18.8. The molecule has 164 valence electrons. The second-order valence-corrected chi connectivity index (χ2v) is 9.38. The number of aromatic amines is 1. The van der Waals surface area contributed by atoms with Gasteiger partial charge in [0.15, 0.2) is 0 Å². The zero-order valence-electron chi connectivity index (χ0n) is 19.0. The summed E-state index contributed by atoms with van der Waals surface area (Å²) in [4.78, 5) is 8.63. The Hall–Kier alpha value is -4.63. The van der Waals surface area contributed by atoms with Gasteiger partial charge in [0.1, 0.15) is 0 Å². The van der Waals surface area contributed by atoms with Crippen LogP contribution in [0.3, 0.4) is 0 Å². The van der Waals surface area contributed by atoms with Crippen molar-refractivity contribution in [1.29, 1.82) is 0 Å². The molecule has 3 heteroatoms. The molecule has 5 aromatic carbocycles. The van der Waals surface area contributed by atoms with Crippen LogP contribution in [0.25, 0.3) is 65.3 Å². The Bertz CT molecular complexity index is 2090. The number of hydrogen-bond donors (Lipinski definition) is 1. The lowest BCUT2D eigenvalue weighted by atomic mass is 10.0. The Morgan fingerprint density at radius 1 is 0.543 bits per heavy atom. The molecule has 0 aliphatic rings. The Morgan fingerprint density at radius 3 is 2.17 bits per heavy atom. The number of H-pyrrole nitrogens is 1. The molecular weight excluding hydrogens is 426 g/mol. The topological polar surface area (TPSA) is 33.6 Å². The van der Waals surface area contributed by atoms with Crippen LogP contribution < -0.4 is 0 Å². The number of benzene rings is 5. The van der Waals surface area contributed by atoms with Crippen LogP contribution in [0.1, 0.15) is 5.69 Å². The van der Waals surface area contributed by atoms with Crippen LogP contribution in [0.4, 0.5) is 0 Å². The highest BCUT2D eigenvalue weighted by atomic mass is 15.0. The molecule has 0 bridgehead atoms. The van der Waals surface area contributed by atoms with Crippen molar-refractivity contribution in [1.82, 2.24) is 14.5 Å². The molecule has 0 aliphatic heterocycles. The SMILES string of the molecule is c1ccc2cc3c(cc2c1)c1cc2c(cc1n3Cc1ccc3ccccc3n1)[nH]c1ccccc12. The van der Waals surface area contributed by atoms with E-state index in [2.05, 4.69) is 119 Å². The largest absolute Gasteiger partial charge is 0.354 e. The van der Waals surface area contributed by atoms with Gasteiger partial charge in [0, 0.05) is 38.0 Å². The van der Waals surface area contributed by atoms with Crippen molar-refractivity contribution in [2.45, 2.75) is 6.54 Å². The maximum absolute atomic E-state index is 4.99. The van der Waals surface area contributed by atoms with Gasteiger partial charge in [-0.1, -0.05) is 66.7 Å². The molecule has 8 aromatic rings. The van der Waals surface area contributed by atoms with E-state index < -0.39 is 0 Å². The molecule has 3 aromatic heterocycles. The van der Waals surface area contributed by atoms with Crippen LogP contribution in [0.2, 0.25) is 0 Å². The van der Waals surface area contributed by atoms with Gasteiger partial charge in [-0.3, -0.25) is 4.98 Å². The molecule has 0 radical (unpaired) electrons. The molecule has 3 heterocycles. The second-order valence-electron chi connectivity index (χ2n) is 9.38. The normalized spacial score (nSPS) is 12.1. The summed E-state index contributed by atoms with van der Waals surface area (Å²) in [5.74, 6) is 0. The lowest BCUT2D eigenvalue weighted by Crippen LogP contribution is -2.01. The van der Waals surface area contributed by atoms with Gasteiger partial charge in [0.05, 0.1) is 28.8 Å². The molecule has 0 unspecified atom stereocenters. The molecule has 0 aliphatic carbocycles. The van der Waals surface area contributed by atoms with Crippen molar-refractivity contribution in [2.24, 2.45) is 0 Å². The van der Waals surface area contributed by atoms with Crippen molar-refractivity contribution in [3.05, 3.63) is 115 Å². The van der Waals surface area contributed by atoms with Crippen molar-refractivity contribution in [3.63, 3.8) is 0 Å². The van der Waals surface area contributed by atoms with Crippen LogP contribution in [0, 0.1) is 0 Å². The van der Waals surface area contributed by atoms with Gasteiger partial charge in [-0.25, -0.2) is 0 Å². The maximum Gasteiger partial charge on any atom is 0.0706 e. The number of aromatic nitrogens is 3. The van der Waals surface area contributed by atoms with Crippen molar-refractivity contribution >= 4 is 65.3 Å². The van der Waals surface area contributed by atoms with Crippen LogP contribution in [0.15, 0.2) is 109 Å². The van der Waals surface area contributed by atoms with E-state index in [1.54, 1.807) is 0 Å². The molecule has 1 N–H and O–H groups in total. The summed E-state index contributed by atoms with van der Waals surface area (Å²) in [6, 6.07) is 39.2.